The van der Waals surface area contributed by atoms with Gasteiger partial charge >= 0.3 is 6.03 Å². The van der Waals surface area contributed by atoms with E-state index in [0.717, 1.165) is 13.1 Å². The SMILES string of the molecule is CC(C)(CNC(=O)NNC(=O)c1ccc(F)cc1)N1CCOCC1. The highest BCUT2D eigenvalue weighted by Crippen LogP contribution is 2.14. The van der Waals surface area contributed by atoms with Crippen molar-refractivity contribution in [2.24, 2.45) is 0 Å². The van der Waals surface area contributed by atoms with Crippen LogP contribution in [0.5, 0.6) is 0 Å². The summed E-state index contributed by atoms with van der Waals surface area (Å²) in [6.45, 7) is 7.50. The largest absolute Gasteiger partial charge is 0.379 e. The van der Waals surface area contributed by atoms with Crippen molar-refractivity contribution in [1.82, 2.24) is 21.1 Å². The lowest BCUT2D eigenvalue weighted by Crippen LogP contribution is -2.57. The molecule has 1 saturated heterocycles. The monoisotopic (exact) mass is 338 g/mol. The molecule has 7 nitrogen and oxygen atoms in total. The molecule has 0 bridgehead atoms. The van der Waals surface area contributed by atoms with Crippen molar-refractivity contribution < 1.29 is 18.7 Å². The maximum absolute atomic E-state index is 12.8. The molecule has 0 spiro atoms. The van der Waals surface area contributed by atoms with Crippen LogP contribution in [0.15, 0.2) is 24.3 Å². The van der Waals surface area contributed by atoms with Crippen LogP contribution in [0.2, 0.25) is 0 Å². The summed E-state index contributed by atoms with van der Waals surface area (Å²) < 4.78 is 18.1. The van der Waals surface area contributed by atoms with Gasteiger partial charge in [0, 0.05) is 30.7 Å². The summed E-state index contributed by atoms with van der Waals surface area (Å²) in [6.07, 6.45) is 0. The van der Waals surface area contributed by atoms with Crippen molar-refractivity contribution in [2.75, 3.05) is 32.8 Å². The molecule has 132 valence electrons. The first kappa shape index (κ1) is 18.2. The van der Waals surface area contributed by atoms with Crippen molar-refractivity contribution in [2.45, 2.75) is 19.4 Å². The fourth-order valence-electron chi connectivity index (χ4n) is 2.41. The van der Waals surface area contributed by atoms with Crippen LogP contribution in [-0.4, -0.2) is 55.2 Å². The van der Waals surface area contributed by atoms with E-state index in [2.05, 4.69) is 21.1 Å². The third kappa shape index (κ3) is 5.17. The second kappa shape index (κ2) is 8.07. The Morgan fingerprint density at radius 3 is 2.42 bits per heavy atom. The van der Waals surface area contributed by atoms with Crippen LogP contribution >= 0.6 is 0 Å². The van der Waals surface area contributed by atoms with Gasteiger partial charge in [-0.05, 0) is 38.1 Å². The van der Waals surface area contributed by atoms with Crippen LogP contribution in [0, 0.1) is 5.82 Å². The fraction of sp³-hybridized carbons (Fsp3) is 0.500. The van der Waals surface area contributed by atoms with Crippen LogP contribution in [0.25, 0.3) is 0 Å². The van der Waals surface area contributed by atoms with Gasteiger partial charge in [0.2, 0.25) is 0 Å². The molecule has 1 aromatic carbocycles. The molecule has 0 aliphatic carbocycles. The van der Waals surface area contributed by atoms with Crippen molar-refractivity contribution in [1.29, 1.82) is 0 Å². The zero-order valence-electron chi connectivity index (χ0n) is 13.9. The number of nitrogens with zero attached hydrogens (tertiary/aromatic N) is 1. The van der Waals surface area contributed by atoms with Crippen LogP contribution in [0.3, 0.4) is 0 Å². The molecule has 1 aliphatic heterocycles. The molecule has 0 saturated carbocycles. The highest BCUT2D eigenvalue weighted by Gasteiger charge is 2.28. The summed E-state index contributed by atoms with van der Waals surface area (Å²) in [6, 6.07) is 4.53. The average molecular weight is 338 g/mol. The number of carbonyl (C=O) groups is 2. The first-order valence-corrected chi connectivity index (χ1v) is 7.81. The maximum atomic E-state index is 12.8. The van der Waals surface area contributed by atoms with E-state index in [0.29, 0.717) is 19.8 Å². The van der Waals surface area contributed by atoms with Crippen molar-refractivity contribution in [3.8, 4) is 0 Å². The standard InChI is InChI=1S/C16H23FN4O3/c1-16(2,21-7-9-24-10-8-21)11-18-15(23)20-19-14(22)12-3-5-13(17)6-4-12/h3-6H,7-11H2,1-2H3,(H,19,22)(H2,18,20,23). The Morgan fingerprint density at radius 2 is 1.79 bits per heavy atom. The van der Waals surface area contributed by atoms with E-state index >= 15 is 0 Å². The zero-order chi connectivity index (χ0) is 17.6. The number of hydrogen-bond acceptors (Lipinski definition) is 4. The minimum absolute atomic E-state index is 0.220. The number of benzene rings is 1. The number of nitrogens with one attached hydrogen (secondary N) is 3. The number of carbonyl (C=O) groups excluding carboxylic acids is 2. The fourth-order valence-corrected chi connectivity index (χ4v) is 2.41. The maximum Gasteiger partial charge on any atom is 0.333 e. The first-order valence-electron chi connectivity index (χ1n) is 7.81. The molecule has 1 aliphatic rings. The second-order valence-corrected chi connectivity index (χ2v) is 6.18. The highest BCUT2D eigenvalue weighted by molar-refractivity contribution is 5.95. The van der Waals surface area contributed by atoms with Gasteiger partial charge in [-0.3, -0.25) is 15.1 Å². The number of halogens is 1. The Morgan fingerprint density at radius 1 is 1.17 bits per heavy atom. The quantitative estimate of drug-likeness (QED) is 0.712. The highest BCUT2D eigenvalue weighted by atomic mass is 19.1. The van der Waals surface area contributed by atoms with Gasteiger partial charge in [-0.1, -0.05) is 0 Å². The molecule has 0 aromatic heterocycles. The van der Waals surface area contributed by atoms with Crippen molar-refractivity contribution in [3.05, 3.63) is 35.6 Å². The first-order chi connectivity index (χ1) is 11.4. The number of amides is 3. The molecular weight excluding hydrogens is 315 g/mol. The Bertz CT molecular complexity index is 571. The minimum Gasteiger partial charge on any atom is -0.379 e. The Balaban J connectivity index is 1.74. The molecule has 3 amide bonds. The number of hydrazine groups is 1. The lowest BCUT2D eigenvalue weighted by atomic mass is 10.0. The number of morpholine rings is 1. The predicted molar refractivity (Wildman–Crippen MR) is 86.9 cm³/mol. The second-order valence-electron chi connectivity index (χ2n) is 6.18. The van der Waals surface area contributed by atoms with Gasteiger partial charge < -0.3 is 10.1 Å². The predicted octanol–water partition coefficient (Wildman–Crippen LogP) is 0.880. The summed E-state index contributed by atoms with van der Waals surface area (Å²) in [4.78, 5) is 25.9. The molecule has 2 rings (SSSR count). The van der Waals surface area contributed by atoms with E-state index in [1.165, 1.54) is 24.3 Å². The molecule has 1 fully saturated rings. The van der Waals surface area contributed by atoms with E-state index in [1.807, 2.05) is 13.8 Å². The van der Waals surface area contributed by atoms with E-state index in [9.17, 15) is 14.0 Å². The Kier molecular flexibility index (Phi) is 6.10. The Hall–Kier alpha value is -2.19. The minimum atomic E-state index is -0.516. The van der Waals surface area contributed by atoms with E-state index in [1.54, 1.807) is 0 Å². The van der Waals surface area contributed by atoms with Crippen LogP contribution in [0.4, 0.5) is 9.18 Å². The average Bonchev–Trinajstić information content (AvgIpc) is 2.59. The summed E-state index contributed by atoms with van der Waals surface area (Å²) in [5.74, 6) is -0.944. The lowest BCUT2D eigenvalue weighted by molar-refractivity contribution is -0.00877. The van der Waals surface area contributed by atoms with E-state index in [-0.39, 0.29) is 11.1 Å². The number of ether oxygens (including phenoxy) is 1. The third-order valence-electron chi connectivity index (χ3n) is 3.94. The molecule has 0 radical (unpaired) electrons. The number of urea groups is 1. The van der Waals surface area contributed by atoms with Gasteiger partial charge in [0.05, 0.1) is 13.2 Å². The van der Waals surface area contributed by atoms with Crippen LogP contribution in [-0.2, 0) is 4.74 Å². The van der Waals surface area contributed by atoms with Gasteiger partial charge in [-0.25, -0.2) is 14.6 Å². The molecule has 1 aromatic rings. The van der Waals surface area contributed by atoms with Gasteiger partial charge in [0.25, 0.3) is 5.91 Å². The lowest BCUT2D eigenvalue weighted by Gasteiger charge is -2.40. The molecule has 3 N–H and O–H groups in total. The van der Waals surface area contributed by atoms with Gasteiger partial charge in [-0.2, -0.15) is 0 Å². The Labute approximate surface area is 140 Å². The molecule has 8 heteroatoms. The van der Waals surface area contributed by atoms with Gasteiger partial charge in [-0.15, -0.1) is 0 Å². The zero-order valence-corrected chi connectivity index (χ0v) is 13.9. The number of hydrogen-bond donors (Lipinski definition) is 3. The van der Waals surface area contributed by atoms with Crippen molar-refractivity contribution >= 4 is 11.9 Å². The van der Waals surface area contributed by atoms with Crippen LogP contribution < -0.4 is 16.2 Å². The smallest absolute Gasteiger partial charge is 0.333 e. The molecule has 24 heavy (non-hydrogen) atoms. The van der Waals surface area contributed by atoms with E-state index in [4.69, 9.17) is 4.74 Å². The normalized spacial score (nSPS) is 15.6. The van der Waals surface area contributed by atoms with Crippen molar-refractivity contribution in [3.63, 3.8) is 0 Å². The summed E-state index contributed by atoms with van der Waals surface area (Å²) in [5.41, 5.74) is 4.60. The van der Waals surface area contributed by atoms with Gasteiger partial charge in [0.15, 0.2) is 0 Å². The number of rotatable bonds is 4. The molecule has 1 heterocycles. The van der Waals surface area contributed by atoms with Gasteiger partial charge in [0.1, 0.15) is 5.82 Å². The summed E-state index contributed by atoms with van der Waals surface area (Å²) >= 11 is 0. The topological polar surface area (TPSA) is 82.7 Å². The summed E-state index contributed by atoms with van der Waals surface area (Å²) in [5, 5.41) is 2.73. The third-order valence-corrected chi connectivity index (χ3v) is 3.94. The molecule has 0 unspecified atom stereocenters. The molecular formula is C16H23FN4O3. The van der Waals surface area contributed by atoms with E-state index < -0.39 is 17.8 Å². The molecule has 0 atom stereocenters. The van der Waals surface area contributed by atoms with Crippen LogP contribution in [0.1, 0.15) is 24.2 Å². The summed E-state index contributed by atoms with van der Waals surface area (Å²) in [7, 11) is 0.